The average Bonchev–Trinajstić information content (AvgIpc) is 3.35. The molecule has 0 spiro atoms. The van der Waals surface area contributed by atoms with Gasteiger partial charge in [-0.05, 0) is 62.1 Å². The Bertz CT molecular complexity index is 1490. The predicted octanol–water partition coefficient (Wildman–Crippen LogP) is 5.15. The first-order valence-electron chi connectivity index (χ1n) is 12.3. The first kappa shape index (κ1) is 30.5. The van der Waals surface area contributed by atoms with Crippen LogP contribution in [0.25, 0.3) is 10.2 Å². The van der Waals surface area contributed by atoms with Crippen molar-refractivity contribution in [3.05, 3.63) is 83.9 Å². The molecule has 4 rings (SSSR count). The Balaban J connectivity index is 0.00000420. The van der Waals surface area contributed by atoms with Gasteiger partial charge < -0.3 is 9.64 Å². The molecule has 1 aromatic heterocycles. The lowest BCUT2D eigenvalue weighted by Crippen LogP contribution is -2.36. The quantitative estimate of drug-likeness (QED) is 0.241. The van der Waals surface area contributed by atoms with Gasteiger partial charge in [0.15, 0.2) is 5.13 Å². The summed E-state index contributed by atoms with van der Waals surface area (Å²) in [5.41, 5.74) is 2.09. The van der Waals surface area contributed by atoms with E-state index in [1.807, 2.05) is 74.4 Å². The van der Waals surface area contributed by atoms with Crippen molar-refractivity contribution in [2.45, 2.75) is 18.4 Å². The largest absolute Gasteiger partial charge is 0.497 e. The molecular formula is C28H33ClN4O4S2. The number of carbonyl (C=O) groups is 1. The number of aromatic nitrogens is 1. The van der Waals surface area contributed by atoms with Crippen molar-refractivity contribution in [3.8, 4) is 5.75 Å². The minimum Gasteiger partial charge on any atom is -0.497 e. The van der Waals surface area contributed by atoms with Crippen molar-refractivity contribution in [2.24, 2.45) is 0 Å². The van der Waals surface area contributed by atoms with Crippen molar-refractivity contribution >= 4 is 55.0 Å². The zero-order chi connectivity index (χ0) is 27.3. The number of nitrogens with zero attached hydrogens (tertiary/aromatic N) is 4. The molecule has 4 aromatic rings. The Morgan fingerprint density at radius 1 is 0.974 bits per heavy atom. The van der Waals surface area contributed by atoms with Gasteiger partial charge in [-0.2, -0.15) is 4.31 Å². The second kappa shape index (κ2) is 13.4. The van der Waals surface area contributed by atoms with E-state index in [0.717, 1.165) is 21.5 Å². The Labute approximate surface area is 240 Å². The molecule has 0 aliphatic heterocycles. The molecule has 0 fully saturated rings. The summed E-state index contributed by atoms with van der Waals surface area (Å²) in [7, 11) is 1.77. The number of rotatable bonds is 11. The maximum atomic E-state index is 13.6. The van der Waals surface area contributed by atoms with Crippen LogP contribution in [-0.2, 0) is 16.6 Å². The summed E-state index contributed by atoms with van der Waals surface area (Å²) in [6.07, 6.45) is 0. The third-order valence-electron chi connectivity index (χ3n) is 6.12. The van der Waals surface area contributed by atoms with E-state index in [2.05, 4.69) is 0 Å². The molecule has 3 aromatic carbocycles. The normalized spacial score (nSPS) is 11.5. The van der Waals surface area contributed by atoms with Crippen molar-refractivity contribution in [3.63, 3.8) is 0 Å². The highest BCUT2D eigenvalue weighted by molar-refractivity contribution is 7.89. The van der Waals surface area contributed by atoms with E-state index in [-0.39, 0.29) is 29.8 Å². The lowest BCUT2D eigenvalue weighted by molar-refractivity contribution is 0.0985. The molecule has 0 bridgehead atoms. The molecule has 11 heteroatoms. The molecule has 0 radical (unpaired) electrons. The zero-order valence-corrected chi connectivity index (χ0v) is 24.9. The summed E-state index contributed by atoms with van der Waals surface area (Å²) in [6.45, 7) is 3.50. The Morgan fingerprint density at radius 2 is 1.67 bits per heavy atom. The number of halogens is 1. The second-order valence-corrected chi connectivity index (χ2v) is 12.0. The monoisotopic (exact) mass is 588 g/mol. The minimum absolute atomic E-state index is 0. The van der Waals surface area contributed by atoms with E-state index < -0.39 is 10.0 Å². The van der Waals surface area contributed by atoms with Crippen LogP contribution in [0.5, 0.6) is 5.75 Å². The van der Waals surface area contributed by atoms with E-state index in [9.17, 15) is 13.2 Å². The van der Waals surface area contributed by atoms with Gasteiger partial charge in [-0.25, -0.2) is 13.4 Å². The summed E-state index contributed by atoms with van der Waals surface area (Å²) in [6, 6.07) is 21.3. The fourth-order valence-corrected chi connectivity index (χ4v) is 6.40. The Kier molecular flexibility index (Phi) is 10.5. The van der Waals surface area contributed by atoms with Gasteiger partial charge in [0.2, 0.25) is 10.0 Å². The summed E-state index contributed by atoms with van der Waals surface area (Å²) >= 11 is 1.42. The van der Waals surface area contributed by atoms with E-state index >= 15 is 0 Å². The van der Waals surface area contributed by atoms with Crippen molar-refractivity contribution in [2.75, 3.05) is 45.7 Å². The predicted molar refractivity (Wildman–Crippen MR) is 160 cm³/mol. The summed E-state index contributed by atoms with van der Waals surface area (Å²) in [4.78, 5) is 22.1. The van der Waals surface area contributed by atoms with Gasteiger partial charge in [-0.15, -0.1) is 12.4 Å². The molecule has 0 N–H and O–H groups in total. The van der Waals surface area contributed by atoms with Crippen LogP contribution in [0.2, 0.25) is 0 Å². The Morgan fingerprint density at radius 3 is 2.28 bits per heavy atom. The fourth-order valence-electron chi connectivity index (χ4n) is 3.95. The second-order valence-electron chi connectivity index (χ2n) is 9.03. The third kappa shape index (κ3) is 7.14. The van der Waals surface area contributed by atoms with Crippen LogP contribution >= 0.6 is 23.7 Å². The van der Waals surface area contributed by atoms with Crippen molar-refractivity contribution in [1.82, 2.24) is 14.2 Å². The van der Waals surface area contributed by atoms with E-state index in [1.54, 1.807) is 24.1 Å². The van der Waals surface area contributed by atoms with Crippen molar-refractivity contribution < 1.29 is 17.9 Å². The SMILES string of the molecule is CCN(Cc1ccccc1)S(=O)(=O)c1ccc(C(=O)N(CCN(C)C)c2nc3ccc(OC)cc3s2)cc1.Cl. The highest BCUT2D eigenvalue weighted by atomic mass is 35.5. The van der Waals surface area contributed by atoms with Gasteiger partial charge in [0.25, 0.3) is 5.91 Å². The van der Waals surface area contributed by atoms with Crippen LogP contribution in [0.1, 0.15) is 22.8 Å². The number of ether oxygens (including phenoxy) is 1. The standard InChI is InChI=1S/C28H32N4O4S2.ClH/c1-5-31(20-21-9-7-6-8-10-21)38(34,35)24-14-11-22(12-15-24)27(33)32(18-17-30(2)3)28-29-25-16-13-23(36-4)19-26(25)37-28;/h6-16,19H,5,17-18,20H2,1-4H3;1H. The molecule has 0 aliphatic carbocycles. The topological polar surface area (TPSA) is 83.1 Å². The number of likely N-dealkylation sites (N-methyl/N-ethyl adjacent to an activating group) is 1. The number of amides is 1. The number of hydrogen-bond donors (Lipinski definition) is 0. The average molecular weight is 589 g/mol. The van der Waals surface area contributed by atoms with E-state index in [1.165, 1.54) is 27.8 Å². The minimum atomic E-state index is -3.73. The number of thiazole rings is 1. The molecule has 0 saturated heterocycles. The first-order valence-corrected chi connectivity index (χ1v) is 14.5. The van der Waals surface area contributed by atoms with Crippen LogP contribution in [0.4, 0.5) is 5.13 Å². The van der Waals surface area contributed by atoms with Gasteiger partial charge >= 0.3 is 0 Å². The van der Waals surface area contributed by atoms with Crippen LogP contribution in [0, 0.1) is 0 Å². The summed E-state index contributed by atoms with van der Waals surface area (Å²) < 4.78 is 34.3. The fraction of sp³-hybridized carbons (Fsp3) is 0.286. The Hall–Kier alpha value is -3.02. The maximum absolute atomic E-state index is 13.6. The van der Waals surface area contributed by atoms with Crippen LogP contribution in [0.3, 0.4) is 0 Å². The number of methoxy groups -OCH3 is 1. The molecule has 39 heavy (non-hydrogen) atoms. The third-order valence-corrected chi connectivity index (χ3v) is 9.10. The smallest absolute Gasteiger partial charge is 0.260 e. The number of hydrogen-bond acceptors (Lipinski definition) is 7. The molecule has 1 amide bonds. The van der Waals surface area contributed by atoms with Gasteiger partial charge in [0.1, 0.15) is 5.75 Å². The lowest BCUT2D eigenvalue weighted by Gasteiger charge is -2.23. The molecular weight excluding hydrogens is 556 g/mol. The van der Waals surface area contributed by atoms with Gasteiger partial charge in [-0.3, -0.25) is 9.69 Å². The van der Waals surface area contributed by atoms with Gasteiger partial charge in [0.05, 0.1) is 22.2 Å². The van der Waals surface area contributed by atoms with Crippen LogP contribution < -0.4 is 9.64 Å². The summed E-state index contributed by atoms with van der Waals surface area (Å²) in [5.74, 6) is 0.488. The highest BCUT2D eigenvalue weighted by Gasteiger charge is 2.25. The molecule has 1 heterocycles. The number of anilines is 1. The molecule has 0 unspecified atom stereocenters. The van der Waals surface area contributed by atoms with Gasteiger partial charge in [-0.1, -0.05) is 48.6 Å². The summed E-state index contributed by atoms with van der Waals surface area (Å²) in [5, 5.41) is 0.580. The van der Waals surface area contributed by atoms with Gasteiger partial charge in [0, 0.05) is 31.7 Å². The lowest BCUT2D eigenvalue weighted by atomic mass is 10.2. The van der Waals surface area contributed by atoms with E-state index in [0.29, 0.717) is 30.3 Å². The van der Waals surface area contributed by atoms with Crippen molar-refractivity contribution in [1.29, 1.82) is 0 Å². The molecule has 0 aliphatic rings. The molecule has 208 valence electrons. The molecule has 0 saturated carbocycles. The number of carbonyl (C=O) groups excluding carboxylic acids is 1. The maximum Gasteiger partial charge on any atom is 0.260 e. The van der Waals surface area contributed by atoms with E-state index in [4.69, 9.17) is 9.72 Å². The highest BCUT2D eigenvalue weighted by Crippen LogP contribution is 2.32. The first-order chi connectivity index (χ1) is 18.2. The number of fused-ring (bicyclic) bond motifs is 1. The number of sulfonamides is 1. The molecule has 8 nitrogen and oxygen atoms in total. The molecule has 0 atom stereocenters. The number of benzene rings is 3. The zero-order valence-electron chi connectivity index (χ0n) is 22.4. The van der Waals surface area contributed by atoms with Crippen LogP contribution in [0.15, 0.2) is 77.7 Å². The van der Waals surface area contributed by atoms with Crippen LogP contribution in [-0.4, -0.2) is 69.4 Å².